The Labute approximate surface area is 228 Å². The number of alkyl halides is 3. The van der Waals surface area contributed by atoms with E-state index in [1.165, 1.54) is 29.8 Å². The largest absolute Gasteiger partial charge is 0.394 e. The molecule has 0 radical (unpaired) electrons. The molecule has 2 aliphatic carbocycles. The molecule has 3 unspecified atom stereocenters. The summed E-state index contributed by atoms with van der Waals surface area (Å²) in [6, 6.07) is 6.99. The molecule has 10 heteroatoms. The smallest absolute Gasteiger partial charge is 0.363 e. The van der Waals surface area contributed by atoms with E-state index < -0.39 is 34.0 Å². The van der Waals surface area contributed by atoms with Gasteiger partial charge in [-0.25, -0.2) is 9.37 Å². The van der Waals surface area contributed by atoms with E-state index in [0.29, 0.717) is 30.8 Å². The molecule has 0 saturated heterocycles. The molecule has 2 saturated carbocycles. The van der Waals surface area contributed by atoms with E-state index in [-0.39, 0.29) is 46.8 Å². The van der Waals surface area contributed by atoms with Crippen molar-refractivity contribution >= 4 is 34.2 Å². The lowest BCUT2D eigenvalue weighted by molar-refractivity contribution is -0.249. The maximum Gasteiger partial charge on any atom is 0.394 e. The zero-order valence-electron chi connectivity index (χ0n) is 22.0. The average molecular weight is 564 g/mol. The van der Waals surface area contributed by atoms with Crippen LogP contribution in [-0.4, -0.2) is 35.6 Å². The number of ketones is 1. The highest BCUT2D eigenvalue weighted by molar-refractivity contribution is 6.32. The van der Waals surface area contributed by atoms with Gasteiger partial charge >= 0.3 is 6.18 Å². The van der Waals surface area contributed by atoms with Gasteiger partial charge in [0.15, 0.2) is 11.4 Å². The fraction of sp³-hybridized carbons (Fsp3) is 0.483. The van der Waals surface area contributed by atoms with Crippen LogP contribution in [0.2, 0.25) is 5.02 Å². The zero-order chi connectivity index (χ0) is 28.3. The quantitative estimate of drug-likeness (QED) is 0.240. The molecular formula is C29H30ClF4N3O2. The standard InChI is InChI=1S/C29H30ClF4N3O2/c1-27(29(32,33)34)12-17-5-4-10-28(13-17,16-27)14-23(38)20-15-37(22-8-6-18(31)11-21(22)30)26-19(25(20)39)7-9-24(35-26)36(2)3/h6-9,11,15,17H,4-5,10,12-14,16H2,1-3H3. The molecule has 39 heavy (non-hydrogen) atoms. The van der Waals surface area contributed by atoms with Crippen LogP contribution in [-0.2, 0) is 0 Å². The van der Waals surface area contributed by atoms with Gasteiger partial charge in [-0.05, 0) is 67.3 Å². The number of hydrogen-bond donors (Lipinski definition) is 0. The Morgan fingerprint density at radius 1 is 1.21 bits per heavy atom. The lowest BCUT2D eigenvalue weighted by Crippen LogP contribution is -2.49. The Kier molecular flexibility index (Phi) is 6.81. The summed E-state index contributed by atoms with van der Waals surface area (Å²) in [6.07, 6.45) is -0.698. The zero-order valence-corrected chi connectivity index (χ0v) is 22.8. The highest BCUT2D eigenvalue weighted by atomic mass is 35.5. The lowest BCUT2D eigenvalue weighted by atomic mass is 9.52. The molecule has 2 bridgehead atoms. The number of rotatable bonds is 5. The minimum Gasteiger partial charge on any atom is -0.363 e. The summed E-state index contributed by atoms with van der Waals surface area (Å²) >= 11 is 6.37. The summed E-state index contributed by atoms with van der Waals surface area (Å²) in [6.45, 7) is 1.26. The lowest BCUT2D eigenvalue weighted by Gasteiger charge is -2.53. The second kappa shape index (κ2) is 9.61. The van der Waals surface area contributed by atoms with Crippen molar-refractivity contribution in [3.8, 4) is 5.69 Å². The van der Waals surface area contributed by atoms with Gasteiger partial charge < -0.3 is 4.90 Å². The summed E-state index contributed by atoms with van der Waals surface area (Å²) in [5, 5.41) is 0.215. The highest BCUT2D eigenvalue weighted by Gasteiger charge is 2.59. The Morgan fingerprint density at radius 3 is 2.62 bits per heavy atom. The van der Waals surface area contributed by atoms with Crippen LogP contribution in [0.1, 0.15) is 62.2 Å². The van der Waals surface area contributed by atoms with Crippen LogP contribution in [0.4, 0.5) is 23.4 Å². The van der Waals surface area contributed by atoms with Crippen molar-refractivity contribution in [2.24, 2.45) is 16.7 Å². The average Bonchev–Trinajstić information content (AvgIpc) is 2.83. The topological polar surface area (TPSA) is 55.2 Å². The number of pyridine rings is 2. The monoisotopic (exact) mass is 563 g/mol. The van der Waals surface area contributed by atoms with Crippen molar-refractivity contribution in [1.82, 2.24) is 9.55 Å². The van der Waals surface area contributed by atoms with Crippen LogP contribution in [0, 0.1) is 22.6 Å². The number of hydrogen-bond acceptors (Lipinski definition) is 4. The van der Waals surface area contributed by atoms with Crippen molar-refractivity contribution in [3.63, 3.8) is 0 Å². The fourth-order valence-corrected chi connectivity index (χ4v) is 7.09. The first-order valence-corrected chi connectivity index (χ1v) is 13.4. The molecule has 5 nitrogen and oxygen atoms in total. The number of Topliss-reactive ketones (excluding diaryl/α,β-unsaturated/α-hetero) is 1. The predicted molar refractivity (Wildman–Crippen MR) is 143 cm³/mol. The van der Waals surface area contributed by atoms with E-state index in [9.17, 15) is 27.2 Å². The summed E-state index contributed by atoms with van der Waals surface area (Å²) in [5.41, 5.74) is -2.82. The second-order valence-electron chi connectivity index (χ2n) is 11.8. The molecule has 3 aromatic rings. The first-order chi connectivity index (χ1) is 18.2. The van der Waals surface area contributed by atoms with Crippen LogP contribution >= 0.6 is 11.6 Å². The van der Waals surface area contributed by atoms with Crippen molar-refractivity contribution in [3.05, 3.63) is 63.2 Å². The molecule has 1 aromatic carbocycles. The van der Waals surface area contributed by atoms with Crippen LogP contribution in [0.15, 0.2) is 41.3 Å². The van der Waals surface area contributed by atoms with Crippen LogP contribution in [0.3, 0.4) is 0 Å². The molecule has 3 atom stereocenters. The first-order valence-electron chi connectivity index (χ1n) is 13.0. The molecule has 5 rings (SSSR count). The van der Waals surface area contributed by atoms with Gasteiger partial charge in [-0.3, -0.25) is 14.2 Å². The molecular weight excluding hydrogens is 534 g/mol. The number of carbonyl (C=O) groups excluding carboxylic acids is 1. The van der Waals surface area contributed by atoms with E-state index in [1.54, 1.807) is 31.1 Å². The van der Waals surface area contributed by atoms with Gasteiger partial charge in [0.05, 0.1) is 27.1 Å². The number of benzene rings is 1. The maximum absolute atomic E-state index is 14.1. The Hall–Kier alpha value is -2.94. The number of nitrogens with zero attached hydrogens (tertiary/aromatic N) is 3. The summed E-state index contributed by atoms with van der Waals surface area (Å²) < 4.78 is 57.7. The van der Waals surface area contributed by atoms with Crippen molar-refractivity contribution in [2.45, 2.75) is 58.0 Å². The van der Waals surface area contributed by atoms with Gasteiger partial charge in [0, 0.05) is 26.7 Å². The van der Waals surface area contributed by atoms with Gasteiger partial charge in [-0.1, -0.05) is 31.4 Å². The third-order valence-electron chi connectivity index (χ3n) is 8.53. The van der Waals surface area contributed by atoms with Gasteiger partial charge in [-0.2, -0.15) is 13.2 Å². The van der Waals surface area contributed by atoms with Crippen LogP contribution in [0.5, 0.6) is 0 Å². The molecule has 0 N–H and O–H groups in total. The van der Waals surface area contributed by atoms with Gasteiger partial charge in [-0.15, -0.1) is 0 Å². The van der Waals surface area contributed by atoms with E-state index in [4.69, 9.17) is 11.6 Å². The first kappa shape index (κ1) is 27.6. The molecule has 2 aliphatic rings. The number of halogens is 5. The number of fused-ring (bicyclic) bond motifs is 3. The molecule has 2 fully saturated rings. The Bertz CT molecular complexity index is 1520. The normalized spacial score (nSPS) is 25.1. The van der Waals surface area contributed by atoms with E-state index in [1.807, 2.05) is 0 Å². The van der Waals surface area contributed by atoms with Crippen LogP contribution in [0.25, 0.3) is 16.7 Å². The molecule has 0 aliphatic heterocycles. The molecule has 0 spiro atoms. The van der Waals surface area contributed by atoms with Crippen LogP contribution < -0.4 is 10.3 Å². The summed E-state index contributed by atoms with van der Waals surface area (Å²) in [5.74, 6) is -0.610. The van der Waals surface area contributed by atoms with E-state index in [0.717, 1.165) is 12.5 Å². The minimum absolute atomic E-state index is 0.0531. The van der Waals surface area contributed by atoms with Crippen molar-refractivity contribution < 1.29 is 22.4 Å². The van der Waals surface area contributed by atoms with Gasteiger partial charge in [0.2, 0.25) is 5.43 Å². The molecule has 0 amide bonds. The number of aromatic nitrogens is 2. The third kappa shape index (κ3) is 4.94. The molecule has 2 aromatic heterocycles. The Balaban J connectivity index is 1.63. The number of carbonyl (C=O) groups is 1. The van der Waals surface area contributed by atoms with Gasteiger partial charge in [0.1, 0.15) is 11.6 Å². The van der Waals surface area contributed by atoms with E-state index in [2.05, 4.69) is 4.98 Å². The van der Waals surface area contributed by atoms with Gasteiger partial charge in [0.25, 0.3) is 0 Å². The maximum atomic E-state index is 14.1. The number of anilines is 1. The summed E-state index contributed by atoms with van der Waals surface area (Å²) in [4.78, 5) is 33.8. The molecule has 208 valence electrons. The van der Waals surface area contributed by atoms with Crippen molar-refractivity contribution in [1.29, 1.82) is 0 Å². The molecule has 2 heterocycles. The second-order valence-corrected chi connectivity index (χ2v) is 12.2. The summed E-state index contributed by atoms with van der Waals surface area (Å²) in [7, 11) is 3.57. The predicted octanol–water partition coefficient (Wildman–Crippen LogP) is 7.36. The SMILES string of the molecule is CN(C)c1ccc2c(=O)c(C(=O)CC34CCCC(C3)CC(C)(C(F)(F)F)C4)cn(-c3ccc(F)cc3Cl)c2n1. The fourth-order valence-electron chi connectivity index (χ4n) is 6.83. The highest BCUT2D eigenvalue weighted by Crippen LogP contribution is 2.61. The minimum atomic E-state index is -4.37. The van der Waals surface area contributed by atoms with E-state index >= 15 is 0 Å². The third-order valence-corrected chi connectivity index (χ3v) is 8.83. The Morgan fingerprint density at radius 2 is 1.95 bits per heavy atom. The van der Waals surface area contributed by atoms with Crippen molar-refractivity contribution in [2.75, 3.05) is 19.0 Å².